The highest BCUT2D eigenvalue weighted by Gasteiger charge is 2.44. The summed E-state index contributed by atoms with van der Waals surface area (Å²) in [6, 6.07) is 24.4. The van der Waals surface area contributed by atoms with Gasteiger partial charge in [-0.2, -0.15) is 0 Å². The first kappa shape index (κ1) is 21.0. The first-order valence-electron chi connectivity index (χ1n) is 10.2. The van der Waals surface area contributed by atoms with Gasteiger partial charge in [0.05, 0.1) is 13.2 Å². The van der Waals surface area contributed by atoms with E-state index in [1.54, 1.807) is 12.1 Å². The van der Waals surface area contributed by atoms with Gasteiger partial charge in [0.1, 0.15) is 17.5 Å². The number of nitrogens with one attached hydrogen (secondary N) is 1. The third kappa shape index (κ3) is 4.90. The summed E-state index contributed by atoms with van der Waals surface area (Å²) < 4.78 is 26.2. The normalized spacial score (nSPS) is 21.5. The van der Waals surface area contributed by atoms with E-state index in [1.807, 2.05) is 42.5 Å². The molecule has 3 aromatic rings. The van der Waals surface area contributed by atoms with Crippen molar-refractivity contribution in [3.8, 4) is 0 Å². The molecule has 2 atom stereocenters. The average Bonchev–Trinajstić information content (AvgIpc) is 2.79. The van der Waals surface area contributed by atoms with E-state index in [-0.39, 0.29) is 11.9 Å². The van der Waals surface area contributed by atoms with Crippen molar-refractivity contribution in [2.75, 3.05) is 13.1 Å². The van der Waals surface area contributed by atoms with E-state index in [0.29, 0.717) is 24.8 Å². The molecule has 1 aliphatic heterocycles. The van der Waals surface area contributed by atoms with Crippen LogP contribution in [-0.2, 0) is 28.3 Å². The maximum absolute atomic E-state index is 13.2. The minimum atomic E-state index is -0.605. The van der Waals surface area contributed by atoms with Gasteiger partial charge in [-0.05, 0) is 53.9 Å². The Labute approximate surface area is 181 Å². The molecule has 3 aromatic carbocycles. The minimum absolute atomic E-state index is 0.207. The molecule has 30 heavy (non-hydrogen) atoms. The Hall–Kier alpha value is -2.24. The second-order valence-electron chi connectivity index (χ2n) is 7.55. The highest BCUT2D eigenvalue weighted by molar-refractivity contribution is 6.30. The molecule has 0 aromatic heterocycles. The highest BCUT2D eigenvalue weighted by atomic mass is 35.5. The van der Waals surface area contributed by atoms with Crippen molar-refractivity contribution in [1.82, 2.24) is 5.32 Å². The molecule has 3 nitrogen and oxygen atoms in total. The molecular formula is C25H25ClFNO2. The number of benzene rings is 3. The third-order valence-corrected chi connectivity index (χ3v) is 5.81. The molecule has 0 unspecified atom stereocenters. The molecule has 1 fully saturated rings. The topological polar surface area (TPSA) is 30.5 Å². The smallest absolute Gasteiger partial charge is 0.123 e. The summed E-state index contributed by atoms with van der Waals surface area (Å²) in [5.74, 6) is -0.250. The van der Waals surface area contributed by atoms with E-state index in [9.17, 15) is 4.39 Å². The highest BCUT2D eigenvalue weighted by Crippen LogP contribution is 2.38. The Balaban J connectivity index is 1.60. The van der Waals surface area contributed by atoms with Crippen LogP contribution in [0.3, 0.4) is 0 Å². The Morgan fingerprint density at radius 1 is 0.900 bits per heavy atom. The van der Waals surface area contributed by atoms with Crippen molar-refractivity contribution >= 4 is 11.6 Å². The van der Waals surface area contributed by atoms with Crippen LogP contribution >= 0.6 is 11.6 Å². The van der Waals surface area contributed by atoms with Crippen LogP contribution in [0.25, 0.3) is 0 Å². The van der Waals surface area contributed by atoms with E-state index in [4.69, 9.17) is 21.1 Å². The van der Waals surface area contributed by atoms with Crippen molar-refractivity contribution in [1.29, 1.82) is 0 Å². The van der Waals surface area contributed by atoms with Crippen molar-refractivity contribution < 1.29 is 13.9 Å². The number of hydrogen-bond acceptors (Lipinski definition) is 3. The van der Waals surface area contributed by atoms with Crippen LogP contribution < -0.4 is 5.32 Å². The summed E-state index contributed by atoms with van der Waals surface area (Å²) in [5, 5.41) is 4.11. The summed E-state index contributed by atoms with van der Waals surface area (Å²) >= 11 is 6.14. The minimum Gasteiger partial charge on any atom is -0.369 e. The first-order valence-corrected chi connectivity index (χ1v) is 10.5. The second kappa shape index (κ2) is 9.71. The van der Waals surface area contributed by atoms with Gasteiger partial charge in [0.2, 0.25) is 0 Å². The molecular weight excluding hydrogens is 401 g/mol. The van der Waals surface area contributed by atoms with Crippen molar-refractivity contribution in [3.63, 3.8) is 0 Å². The molecule has 0 aliphatic carbocycles. The van der Waals surface area contributed by atoms with Crippen molar-refractivity contribution in [2.45, 2.75) is 31.3 Å². The molecule has 0 radical (unpaired) electrons. The van der Waals surface area contributed by atoms with Crippen LogP contribution in [0.5, 0.6) is 0 Å². The lowest BCUT2D eigenvalue weighted by Gasteiger charge is -2.44. The molecule has 0 spiro atoms. The average molecular weight is 426 g/mol. The molecule has 0 amide bonds. The number of rotatable bonds is 7. The maximum atomic E-state index is 13.2. The van der Waals surface area contributed by atoms with Crippen molar-refractivity contribution in [3.05, 3.63) is 106 Å². The molecule has 4 rings (SSSR count). The molecule has 1 saturated heterocycles. The fourth-order valence-corrected chi connectivity index (χ4v) is 4.03. The van der Waals surface area contributed by atoms with Gasteiger partial charge in [0.25, 0.3) is 0 Å². The Bertz CT molecular complexity index is 934. The summed E-state index contributed by atoms with van der Waals surface area (Å²) in [6.45, 7) is 2.36. The molecule has 5 heteroatoms. The molecule has 1 aliphatic rings. The van der Waals surface area contributed by atoms with E-state index < -0.39 is 5.60 Å². The summed E-state index contributed by atoms with van der Waals surface area (Å²) in [6.07, 6.45) is 0.566. The van der Waals surface area contributed by atoms with Gasteiger partial charge in [-0.3, -0.25) is 0 Å². The Morgan fingerprint density at radius 2 is 1.60 bits per heavy atom. The van der Waals surface area contributed by atoms with Crippen LogP contribution in [0, 0.1) is 5.82 Å². The van der Waals surface area contributed by atoms with Crippen LogP contribution in [-0.4, -0.2) is 19.2 Å². The predicted molar refractivity (Wildman–Crippen MR) is 117 cm³/mol. The predicted octanol–water partition coefficient (Wildman–Crippen LogP) is 5.47. The van der Waals surface area contributed by atoms with Gasteiger partial charge in [-0.15, -0.1) is 0 Å². The number of hydrogen-bond donors (Lipinski definition) is 1. The molecule has 1 heterocycles. The van der Waals surface area contributed by atoms with Crippen LogP contribution in [0.4, 0.5) is 4.39 Å². The van der Waals surface area contributed by atoms with E-state index in [2.05, 4.69) is 17.4 Å². The quantitative estimate of drug-likeness (QED) is 0.544. The van der Waals surface area contributed by atoms with Gasteiger partial charge in [-0.1, -0.05) is 66.2 Å². The molecule has 1 N–H and O–H groups in total. The van der Waals surface area contributed by atoms with Crippen molar-refractivity contribution in [2.24, 2.45) is 0 Å². The molecule has 156 valence electrons. The maximum Gasteiger partial charge on any atom is 0.123 e. The summed E-state index contributed by atoms with van der Waals surface area (Å²) in [4.78, 5) is 0. The van der Waals surface area contributed by atoms with E-state index in [1.165, 1.54) is 12.1 Å². The zero-order valence-electron chi connectivity index (χ0n) is 16.7. The third-order valence-electron chi connectivity index (χ3n) is 5.56. The zero-order valence-corrected chi connectivity index (χ0v) is 17.4. The van der Waals surface area contributed by atoms with Gasteiger partial charge in [-0.25, -0.2) is 4.39 Å². The lowest BCUT2D eigenvalue weighted by atomic mass is 9.82. The van der Waals surface area contributed by atoms with Gasteiger partial charge < -0.3 is 14.8 Å². The Kier molecular flexibility index (Phi) is 6.80. The lowest BCUT2D eigenvalue weighted by Crippen LogP contribution is -2.54. The van der Waals surface area contributed by atoms with Crippen LogP contribution in [0.15, 0.2) is 78.9 Å². The fraction of sp³-hybridized carbons (Fsp3) is 0.280. The number of halogens is 2. The van der Waals surface area contributed by atoms with E-state index in [0.717, 1.165) is 29.7 Å². The van der Waals surface area contributed by atoms with Gasteiger partial charge in [0, 0.05) is 11.6 Å². The summed E-state index contributed by atoms with van der Waals surface area (Å²) in [7, 11) is 0. The number of piperidine rings is 1. The van der Waals surface area contributed by atoms with E-state index >= 15 is 0 Å². The standard InChI is InChI=1S/C25H25ClFNO2/c26-22-10-8-21(9-11-22)25(30-18-19-4-2-1-3-5-19)14-15-28-16-24(25)29-17-20-6-12-23(27)13-7-20/h1-13,24,28H,14-18H2/t24-,25+/m0/s1. The fourth-order valence-electron chi connectivity index (χ4n) is 3.90. The Morgan fingerprint density at radius 3 is 2.33 bits per heavy atom. The monoisotopic (exact) mass is 425 g/mol. The molecule has 0 bridgehead atoms. The van der Waals surface area contributed by atoms with Gasteiger partial charge in [0.15, 0.2) is 0 Å². The second-order valence-corrected chi connectivity index (χ2v) is 7.99. The van der Waals surface area contributed by atoms with Gasteiger partial charge >= 0.3 is 0 Å². The van der Waals surface area contributed by atoms with Crippen LogP contribution in [0.1, 0.15) is 23.1 Å². The summed E-state index contributed by atoms with van der Waals surface area (Å²) in [5.41, 5.74) is 2.48. The largest absolute Gasteiger partial charge is 0.369 e. The first-order chi connectivity index (χ1) is 14.7. The lowest BCUT2D eigenvalue weighted by molar-refractivity contribution is -0.176. The number of ether oxygens (including phenoxy) is 2. The molecule has 0 saturated carbocycles. The SMILES string of the molecule is Fc1ccc(CO[C@H]2CNCC[C@@]2(OCc2ccccc2)c2ccc(Cl)cc2)cc1. The zero-order chi connectivity index (χ0) is 20.8. The van der Waals surface area contributed by atoms with Crippen LogP contribution in [0.2, 0.25) is 5.02 Å².